The molecule has 0 fully saturated rings. The first-order valence-corrected chi connectivity index (χ1v) is 4.09. The minimum atomic E-state index is -0.986. The summed E-state index contributed by atoms with van der Waals surface area (Å²) < 4.78 is 5.11. The number of hydrogen-bond donors (Lipinski definition) is 1. The highest BCUT2D eigenvalue weighted by Gasteiger charge is 2.33. The van der Waals surface area contributed by atoms with Gasteiger partial charge in [-0.1, -0.05) is 0 Å². The second-order valence-electron chi connectivity index (χ2n) is 2.87. The number of carbonyl (C=O) groups is 1. The van der Waals surface area contributed by atoms with Crippen LogP contribution in [0.4, 0.5) is 0 Å². The number of aliphatic imine (C=N–C) groups is 1. The van der Waals surface area contributed by atoms with Gasteiger partial charge in [-0.05, 0) is 17.7 Å². The first-order valence-electron chi connectivity index (χ1n) is 4.09. The normalized spacial score (nSPS) is 24.6. The monoisotopic (exact) mass is 192 g/mol. The molecule has 14 heavy (non-hydrogen) atoms. The van der Waals surface area contributed by atoms with Gasteiger partial charge in [-0.15, -0.1) is 0 Å². The zero-order valence-electron chi connectivity index (χ0n) is 7.20. The standard InChI is InChI=1S/C9H8N2O3/c12-9(13)7-8(14-5-11-7)6-1-3-10-4-2-6/h1-5,7-8H,(H,12,13)/t7-,8-/m1/s1. The van der Waals surface area contributed by atoms with Crippen molar-refractivity contribution in [2.45, 2.75) is 12.1 Å². The second kappa shape index (κ2) is 3.45. The third-order valence-electron chi connectivity index (χ3n) is 2.00. The molecule has 2 heterocycles. The molecule has 0 aromatic carbocycles. The van der Waals surface area contributed by atoms with Gasteiger partial charge in [0.25, 0.3) is 0 Å². The lowest BCUT2D eigenvalue weighted by atomic mass is 10.0. The summed E-state index contributed by atoms with van der Waals surface area (Å²) in [5, 5.41) is 8.84. The van der Waals surface area contributed by atoms with E-state index in [0.29, 0.717) is 0 Å². The third kappa shape index (κ3) is 1.44. The average molecular weight is 192 g/mol. The molecular weight excluding hydrogens is 184 g/mol. The summed E-state index contributed by atoms with van der Waals surface area (Å²) in [6.07, 6.45) is 3.84. The molecule has 0 bridgehead atoms. The zero-order chi connectivity index (χ0) is 9.97. The number of ether oxygens (including phenoxy) is 1. The lowest BCUT2D eigenvalue weighted by Crippen LogP contribution is -2.23. The summed E-state index contributed by atoms with van der Waals surface area (Å²) in [6, 6.07) is 2.59. The van der Waals surface area contributed by atoms with E-state index in [9.17, 15) is 4.79 Å². The fraction of sp³-hybridized carbons (Fsp3) is 0.222. The Labute approximate surface area is 80.1 Å². The Hall–Kier alpha value is -1.91. The molecule has 5 nitrogen and oxygen atoms in total. The number of carboxylic acid groups (broad SMARTS) is 1. The Balaban J connectivity index is 2.24. The number of hydrogen-bond acceptors (Lipinski definition) is 4. The van der Waals surface area contributed by atoms with E-state index in [1.807, 2.05) is 0 Å². The van der Waals surface area contributed by atoms with Crippen LogP contribution in [-0.4, -0.2) is 28.5 Å². The number of carboxylic acids is 1. The molecule has 0 spiro atoms. The van der Waals surface area contributed by atoms with Gasteiger partial charge >= 0.3 is 5.97 Å². The summed E-state index contributed by atoms with van der Waals surface area (Å²) in [4.78, 5) is 18.3. The summed E-state index contributed by atoms with van der Waals surface area (Å²) >= 11 is 0. The molecule has 0 unspecified atom stereocenters. The van der Waals surface area contributed by atoms with E-state index < -0.39 is 18.1 Å². The molecule has 1 aromatic rings. The number of aromatic nitrogens is 1. The maximum atomic E-state index is 10.8. The first-order chi connectivity index (χ1) is 6.79. The van der Waals surface area contributed by atoms with E-state index in [2.05, 4.69) is 9.98 Å². The van der Waals surface area contributed by atoms with Gasteiger partial charge in [0.2, 0.25) is 0 Å². The molecular formula is C9H8N2O3. The number of rotatable bonds is 2. The molecule has 0 amide bonds. The second-order valence-corrected chi connectivity index (χ2v) is 2.87. The molecule has 5 heteroatoms. The Morgan fingerprint density at radius 1 is 1.43 bits per heavy atom. The molecule has 1 aromatic heterocycles. The van der Waals surface area contributed by atoms with Gasteiger partial charge in [0.1, 0.15) is 0 Å². The fourth-order valence-electron chi connectivity index (χ4n) is 1.33. The van der Waals surface area contributed by atoms with E-state index in [-0.39, 0.29) is 0 Å². The van der Waals surface area contributed by atoms with Crippen molar-refractivity contribution in [1.29, 1.82) is 0 Å². The molecule has 0 aliphatic carbocycles. The molecule has 2 atom stereocenters. The van der Waals surface area contributed by atoms with E-state index in [4.69, 9.17) is 9.84 Å². The predicted octanol–water partition coefficient (Wildman–Crippen LogP) is 0.634. The van der Waals surface area contributed by atoms with Crippen LogP contribution < -0.4 is 0 Å². The van der Waals surface area contributed by atoms with Crippen molar-refractivity contribution in [2.75, 3.05) is 0 Å². The van der Waals surface area contributed by atoms with Crippen molar-refractivity contribution in [3.05, 3.63) is 30.1 Å². The van der Waals surface area contributed by atoms with Crippen molar-refractivity contribution in [3.8, 4) is 0 Å². The summed E-state index contributed by atoms with van der Waals surface area (Å²) in [5.74, 6) is -0.986. The van der Waals surface area contributed by atoms with Crippen LogP contribution in [0.25, 0.3) is 0 Å². The largest absolute Gasteiger partial charge is 0.480 e. The molecule has 2 rings (SSSR count). The molecule has 0 radical (unpaired) electrons. The van der Waals surface area contributed by atoms with Crippen molar-refractivity contribution in [3.63, 3.8) is 0 Å². The predicted molar refractivity (Wildman–Crippen MR) is 48.0 cm³/mol. The Morgan fingerprint density at radius 3 is 2.79 bits per heavy atom. The highest BCUT2D eigenvalue weighted by Crippen LogP contribution is 2.26. The van der Waals surface area contributed by atoms with Gasteiger partial charge in [0, 0.05) is 12.4 Å². The van der Waals surface area contributed by atoms with Crippen LogP contribution in [0.5, 0.6) is 0 Å². The van der Waals surface area contributed by atoms with Gasteiger partial charge in [-0.2, -0.15) is 0 Å². The first kappa shape index (κ1) is 8.68. The third-order valence-corrected chi connectivity index (χ3v) is 2.00. The molecule has 72 valence electrons. The minimum Gasteiger partial charge on any atom is -0.480 e. The average Bonchev–Trinajstić information content (AvgIpc) is 2.67. The van der Waals surface area contributed by atoms with E-state index in [0.717, 1.165) is 5.56 Å². The van der Waals surface area contributed by atoms with Crippen LogP contribution in [0.1, 0.15) is 11.7 Å². The maximum absolute atomic E-state index is 10.8. The quantitative estimate of drug-likeness (QED) is 0.746. The van der Waals surface area contributed by atoms with Crippen LogP contribution in [0.2, 0.25) is 0 Å². The van der Waals surface area contributed by atoms with Crippen molar-refractivity contribution >= 4 is 12.4 Å². The van der Waals surface area contributed by atoms with Crippen molar-refractivity contribution < 1.29 is 14.6 Å². The highest BCUT2D eigenvalue weighted by molar-refractivity contribution is 5.78. The highest BCUT2D eigenvalue weighted by atomic mass is 16.5. The Morgan fingerprint density at radius 2 is 2.14 bits per heavy atom. The SMILES string of the molecule is O=C(O)[C@@H]1N=CO[C@@H]1c1ccncc1. The number of pyridine rings is 1. The molecule has 0 saturated carbocycles. The van der Waals surface area contributed by atoms with Crippen molar-refractivity contribution in [1.82, 2.24) is 4.98 Å². The van der Waals surface area contributed by atoms with Crippen molar-refractivity contribution in [2.24, 2.45) is 4.99 Å². The summed E-state index contributed by atoms with van der Waals surface area (Å²) in [5.41, 5.74) is 0.768. The molecule has 1 N–H and O–H groups in total. The number of aliphatic carboxylic acids is 1. The fourth-order valence-corrected chi connectivity index (χ4v) is 1.33. The summed E-state index contributed by atoms with van der Waals surface area (Å²) in [6.45, 7) is 0. The lowest BCUT2D eigenvalue weighted by molar-refractivity contribution is -0.140. The van der Waals surface area contributed by atoms with Gasteiger partial charge < -0.3 is 9.84 Å². The molecule has 1 aliphatic heterocycles. The van der Waals surface area contributed by atoms with Crippen LogP contribution in [0, 0.1) is 0 Å². The Bertz CT molecular complexity index is 364. The molecule has 1 aliphatic rings. The van der Waals surface area contributed by atoms with Gasteiger partial charge in [0.15, 0.2) is 18.5 Å². The Kier molecular flexibility index (Phi) is 2.14. The van der Waals surface area contributed by atoms with Gasteiger partial charge in [-0.3, -0.25) is 4.98 Å². The smallest absolute Gasteiger partial charge is 0.332 e. The number of nitrogens with zero attached hydrogens (tertiary/aromatic N) is 2. The topological polar surface area (TPSA) is 71.8 Å². The van der Waals surface area contributed by atoms with E-state index >= 15 is 0 Å². The lowest BCUT2D eigenvalue weighted by Gasteiger charge is -2.13. The van der Waals surface area contributed by atoms with E-state index in [1.54, 1.807) is 24.5 Å². The van der Waals surface area contributed by atoms with E-state index in [1.165, 1.54) is 6.40 Å². The maximum Gasteiger partial charge on any atom is 0.332 e. The molecule has 0 saturated heterocycles. The van der Waals surface area contributed by atoms with Crippen LogP contribution in [-0.2, 0) is 9.53 Å². The van der Waals surface area contributed by atoms with Gasteiger partial charge in [0.05, 0.1) is 0 Å². The van der Waals surface area contributed by atoms with Crippen LogP contribution in [0.15, 0.2) is 29.5 Å². The van der Waals surface area contributed by atoms with Gasteiger partial charge in [-0.25, -0.2) is 9.79 Å². The zero-order valence-corrected chi connectivity index (χ0v) is 7.20. The minimum absolute atomic E-state index is 0.532. The van der Waals surface area contributed by atoms with Crippen LogP contribution in [0.3, 0.4) is 0 Å². The summed E-state index contributed by atoms with van der Waals surface area (Å²) in [7, 11) is 0. The van der Waals surface area contributed by atoms with Crippen LogP contribution >= 0.6 is 0 Å².